The number of methoxy groups -OCH3 is 4. The van der Waals surface area contributed by atoms with Crippen molar-refractivity contribution in [1.82, 2.24) is 4.90 Å². The maximum absolute atomic E-state index is 14.1. The molecule has 0 saturated heterocycles. The Morgan fingerprint density at radius 1 is 0.857 bits per heavy atom. The summed E-state index contributed by atoms with van der Waals surface area (Å²) in [6, 6.07) is 19.6. The lowest BCUT2D eigenvalue weighted by Crippen LogP contribution is -2.43. The number of benzene rings is 3. The first kappa shape index (κ1) is 24.5. The molecule has 2 atom stereocenters. The summed E-state index contributed by atoms with van der Waals surface area (Å²) in [6.07, 6.45) is 1.45. The second-order valence-corrected chi connectivity index (χ2v) is 8.58. The number of nitrogens with zero attached hydrogens (tertiary/aromatic N) is 1. The normalized spacial score (nSPS) is 15.7. The number of hydrogen-bond acceptors (Lipinski definition) is 5. The monoisotopic (exact) mass is 475 g/mol. The van der Waals surface area contributed by atoms with Crippen LogP contribution in [0, 0.1) is 0 Å². The first-order valence-electron chi connectivity index (χ1n) is 11.9. The van der Waals surface area contributed by atoms with Gasteiger partial charge in [-0.05, 0) is 59.4 Å². The van der Waals surface area contributed by atoms with Gasteiger partial charge in [-0.15, -0.1) is 0 Å². The Kier molecular flexibility index (Phi) is 7.49. The molecule has 35 heavy (non-hydrogen) atoms. The Balaban J connectivity index is 1.86. The van der Waals surface area contributed by atoms with E-state index in [1.54, 1.807) is 28.4 Å². The Morgan fingerprint density at radius 3 is 2.11 bits per heavy atom. The number of ether oxygens (including phenoxy) is 4. The highest BCUT2D eigenvalue weighted by Crippen LogP contribution is 2.44. The van der Waals surface area contributed by atoms with Gasteiger partial charge in [0.05, 0.1) is 40.4 Å². The molecule has 0 bridgehead atoms. The van der Waals surface area contributed by atoms with E-state index in [9.17, 15) is 4.79 Å². The Hall–Kier alpha value is -3.67. The van der Waals surface area contributed by atoms with Gasteiger partial charge in [0.1, 0.15) is 0 Å². The second-order valence-electron chi connectivity index (χ2n) is 8.58. The molecule has 0 saturated carbocycles. The van der Waals surface area contributed by atoms with E-state index >= 15 is 0 Å². The minimum atomic E-state index is -0.302. The minimum Gasteiger partial charge on any atom is -0.493 e. The molecule has 0 N–H and O–H groups in total. The van der Waals surface area contributed by atoms with Crippen molar-refractivity contribution in [2.24, 2.45) is 0 Å². The lowest BCUT2D eigenvalue weighted by molar-refractivity contribution is -0.135. The highest BCUT2D eigenvalue weighted by atomic mass is 16.5. The van der Waals surface area contributed by atoms with Crippen molar-refractivity contribution in [3.05, 3.63) is 82.9 Å². The van der Waals surface area contributed by atoms with Gasteiger partial charge in [0.25, 0.3) is 0 Å². The van der Waals surface area contributed by atoms with Gasteiger partial charge in [0, 0.05) is 6.54 Å². The largest absolute Gasteiger partial charge is 0.493 e. The van der Waals surface area contributed by atoms with Gasteiger partial charge in [-0.1, -0.05) is 43.3 Å². The topological polar surface area (TPSA) is 57.2 Å². The van der Waals surface area contributed by atoms with Crippen molar-refractivity contribution in [3.63, 3.8) is 0 Å². The lowest BCUT2D eigenvalue weighted by atomic mass is 9.85. The summed E-state index contributed by atoms with van der Waals surface area (Å²) >= 11 is 0. The smallest absolute Gasteiger partial charge is 0.230 e. The summed E-state index contributed by atoms with van der Waals surface area (Å²) in [7, 11) is 6.51. The average molecular weight is 476 g/mol. The highest BCUT2D eigenvalue weighted by Gasteiger charge is 2.36. The Morgan fingerprint density at radius 2 is 1.49 bits per heavy atom. The SMILES string of the molecule is CCC(C(=O)N1CCc2cc(OC)c(OC)cc2C1c1ccc(OC)c(OC)c1)c1ccccc1. The van der Waals surface area contributed by atoms with Gasteiger partial charge < -0.3 is 23.8 Å². The summed E-state index contributed by atoms with van der Waals surface area (Å²) in [6.45, 7) is 2.66. The van der Waals surface area contributed by atoms with Crippen LogP contribution in [0.2, 0.25) is 0 Å². The van der Waals surface area contributed by atoms with Crippen LogP contribution in [0.5, 0.6) is 23.0 Å². The molecule has 1 aliphatic rings. The predicted molar refractivity (Wildman–Crippen MR) is 136 cm³/mol. The van der Waals surface area contributed by atoms with Gasteiger partial charge >= 0.3 is 0 Å². The summed E-state index contributed by atoms with van der Waals surface area (Å²) in [5, 5.41) is 0. The zero-order valence-corrected chi connectivity index (χ0v) is 21.0. The number of amides is 1. The van der Waals surface area contributed by atoms with Crippen molar-refractivity contribution in [2.45, 2.75) is 31.7 Å². The summed E-state index contributed by atoms with van der Waals surface area (Å²) < 4.78 is 22.2. The van der Waals surface area contributed by atoms with Crippen LogP contribution in [0.1, 0.15) is 47.6 Å². The van der Waals surface area contributed by atoms with Crippen molar-refractivity contribution >= 4 is 5.91 Å². The molecule has 0 aliphatic carbocycles. The van der Waals surface area contributed by atoms with Gasteiger partial charge in [-0.3, -0.25) is 4.79 Å². The van der Waals surface area contributed by atoms with Crippen molar-refractivity contribution in [1.29, 1.82) is 0 Å². The molecule has 3 aromatic carbocycles. The fourth-order valence-electron chi connectivity index (χ4n) is 5.00. The van der Waals surface area contributed by atoms with Crippen LogP contribution in [0.4, 0.5) is 0 Å². The molecule has 1 heterocycles. The molecule has 184 valence electrons. The van der Waals surface area contributed by atoms with Gasteiger partial charge in [0.2, 0.25) is 5.91 Å². The van der Waals surface area contributed by atoms with E-state index in [0.29, 0.717) is 29.5 Å². The van der Waals surface area contributed by atoms with E-state index < -0.39 is 0 Å². The van der Waals surface area contributed by atoms with Crippen molar-refractivity contribution in [3.8, 4) is 23.0 Å². The highest BCUT2D eigenvalue weighted by molar-refractivity contribution is 5.85. The maximum Gasteiger partial charge on any atom is 0.230 e. The standard InChI is InChI=1S/C29H33NO5/c1-6-22(19-10-8-7-9-11-19)29(31)30-15-14-20-16-26(34-4)27(35-5)18-23(20)28(30)21-12-13-24(32-2)25(17-21)33-3/h7-13,16-18,22,28H,6,14-15H2,1-5H3. The van der Waals surface area contributed by atoms with Crippen LogP contribution in [0.15, 0.2) is 60.7 Å². The third kappa shape index (κ3) is 4.65. The molecule has 1 aliphatic heterocycles. The van der Waals surface area contributed by atoms with Gasteiger partial charge in [0.15, 0.2) is 23.0 Å². The summed E-state index contributed by atoms with van der Waals surface area (Å²) in [4.78, 5) is 16.1. The first-order chi connectivity index (χ1) is 17.1. The predicted octanol–water partition coefficient (Wildman–Crippen LogP) is 5.39. The van der Waals surface area contributed by atoms with Crippen LogP contribution in [0.3, 0.4) is 0 Å². The molecule has 2 unspecified atom stereocenters. The van der Waals surface area contributed by atoms with Gasteiger partial charge in [-0.25, -0.2) is 0 Å². The third-order valence-corrected chi connectivity index (χ3v) is 6.79. The van der Waals surface area contributed by atoms with Crippen LogP contribution < -0.4 is 18.9 Å². The Bertz CT molecular complexity index is 1180. The van der Waals surface area contributed by atoms with Crippen molar-refractivity contribution < 1.29 is 23.7 Å². The molecule has 1 amide bonds. The molecule has 6 heteroatoms. The molecule has 0 fully saturated rings. The molecule has 6 nitrogen and oxygen atoms in total. The van der Waals surface area contributed by atoms with E-state index in [2.05, 4.69) is 6.92 Å². The van der Waals surface area contributed by atoms with Crippen LogP contribution in [-0.4, -0.2) is 45.8 Å². The fraction of sp³-hybridized carbons (Fsp3) is 0.345. The zero-order valence-electron chi connectivity index (χ0n) is 21.0. The zero-order chi connectivity index (χ0) is 24.9. The quantitative estimate of drug-likeness (QED) is 0.437. The number of fused-ring (bicyclic) bond motifs is 1. The number of carbonyl (C=O) groups is 1. The van der Waals surface area contributed by atoms with E-state index in [-0.39, 0.29) is 17.9 Å². The maximum atomic E-state index is 14.1. The van der Waals surface area contributed by atoms with E-state index in [1.807, 2.05) is 65.6 Å². The molecular formula is C29H33NO5. The number of carbonyl (C=O) groups excluding carboxylic acids is 1. The lowest BCUT2D eigenvalue weighted by Gasteiger charge is -2.40. The van der Waals surface area contributed by atoms with E-state index in [4.69, 9.17) is 18.9 Å². The number of rotatable bonds is 8. The third-order valence-electron chi connectivity index (χ3n) is 6.79. The van der Waals surface area contributed by atoms with Crippen molar-refractivity contribution in [2.75, 3.05) is 35.0 Å². The number of hydrogen-bond donors (Lipinski definition) is 0. The molecule has 3 aromatic rings. The van der Waals surface area contributed by atoms with Gasteiger partial charge in [-0.2, -0.15) is 0 Å². The van der Waals surface area contributed by atoms with E-state index in [0.717, 1.165) is 35.1 Å². The molecular weight excluding hydrogens is 442 g/mol. The van der Waals surface area contributed by atoms with Crippen LogP contribution >= 0.6 is 0 Å². The van der Waals surface area contributed by atoms with Crippen LogP contribution in [0.25, 0.3) is 0 Å². The molecule has 0 spiro atoms. The summed E-state index contributed by atoms with van der Waals surface area (Å²) in [5.74, 6) is 2.49. The Labute approximate surface area is 207 Å². The molecule has 0 radical (unpaired) electrons. The molecule has 4 rings (SSSR count). The molecule has 0 aromatic heterocycles. The van der Waals surface area contributed by atoms with E-state index in [1.165, 1.54) is 0 Å². The summed E-state index contributed by atoms with van der Waals surface area (Å²) in [5.41, 5.74) is 4.15. The fourth-order valence-corrected chi connectivity index (χ4v) is 5.00. The van der Waals surface area contributed by atoms with Crippen LogP contribution in [-0.2, 0) is 11.2 Å². The minimum absolute atomic E-state index is 0.110. The first-order valence-corrected chi connectivity index (χ1v) is 11.9. The average Bonchev–Trinajstić information content (AvgIpc) is 2.92. The second kappa shape index (κ2) is 10.7.